The van der Waals surface area contributed by atoms with Gasteiger partial charge >= 0.3 is 5.97 Å². The highest BCUT2D eigenvalue weighted by molar-refractivity contribution is 6.40. The highest BCUT2D eigenvalue weighted by Gasteiger charge is 2.42. The van der Waals surface area contributed by atoms with Gasteiger partial charge in [-0.15, -0.1) is 0 Å². The van der Waals surface area contributed by atoms with Crippen LogP contribution in [0.4, 0.5) is 0 Å². The monoisotopic (exact) mass is 355 g/mol. The number of halogens is 2. The van der Waals surface area contributed by atoms with Gasteiger partial charge in [0.15, 0.2) is 0 Å². The van der Waals surface area contributed by atoms with Crippen molar-refractivity contribution in [2.75, 3.05) is 6.61 Å². The zero-order chi connectivity index (χ0) is 16.6. The summed E-state index contributed by atoms with van der Waals surface area (Å²) >= 11 is 12.7. The lowest BCUT2D eigenvalue weighted by Gasteiger charge is -2.36. The van der Waals surface area contributed by atoms with Crippen molar-refractivity contribution in [1.82, 2.24) is 4.98 Å². The minimum atomic E-state index is -0.871. The zero-order valence-electron chi connectivity index (χ0n) is 12.9. The molecule has 1 aliphatic rings. The van der Waals surface area contributed by atoms with Gasteiger partial charge in [0.2, 0.25) is 0 Å². The summed E-state index contributed by atoms with van der Waals surface area (Å²) in [5.74, 6) is -0.871. The van der Waals surface area contributed by atoms with Gasteiger partial charge in [0.1, 0.15) is 5.60 Å². The number of H-pyrrole nitrogens is 1. The van der Waals surface area contributed by atoms with Crippen molar-refractivity contribution in [1.29, 1.82) is 0 Å². The zero-order valence-corrected chi connectivity index (χ0v) is 14.4. The van der Waals surface area contributed by atoms with Gasteiger partial charge in [0.05, 0.1) is 34.3 Å². The number of rotatable bonds is 5. The molecule has 0 bridgehead atoms. The van der Waals surface area contributed by atoms with Crippen molar-refractivity contribution >= 4 is 40.1 Å². The maximum Gasteiger partial charge on any atom is 0.306 e. The number of aromatic nitrogens is 1. The van der Waals surface area contributed by atoms with Crippen molar-refractivity contribution in [3.63, 3.8) is 0 Å². The third kappa shape index (κ3) is 2.84. The average molecular weight is 356 g/mol. The Morgan fingerprint density at radius 3 is 2.83 bits per heavy atom. The van der Waals surface area contributed by atoms with Gasteiger partial charge in [0, 0.05) is 5.39 Å². The Morgan fingerprint density at radius 2 is 2.13 bits per heavy atom. The van der Waals surface area contributed by atoms with Crippen LogP contribution >= 0.6 is 23.2 Å². The van der Waals surface area contributed by atoms with E-state index in [1.165, 1.54) is 0 Å². The fraction of sp³-hybridized carbons (Fsp3) is 0.471. The summed E-state index contributed by atoms with van der Waals surface area (Å²) in [6.07, 6.45) is 3.15. The van der Waals surface area contributed by atoms with Gasteiger partial charge in [-0.1, -0.05) is 43.0 Å². The lowest BCUT2D eigenvalue weighted by atomic mass is 9.84. The first kappa shape index (κ1) is 16.6. The number of carbonyl (C=O) groups is 1. The number of unbranched alkanes of at least 4 members (excludes halogenated alkanes) is 1. The molecule has 0 saturated carbocycles. The largest absolute Gasteiger partial charge is 0.481 e. The van der Waals surface area contributed by atoms with Gasteiger partial charge in [-0.25, -0.2) is 0 Å². The van der Waals surface area contributed by atoms with Crippen molar-refractivity contribution in [3.05, 3.63) is 33.4 Å². The first-order chi connectivity index (χ1) is 11.0. The van der Waals surface area contributed by atoms with Gasteiger partial charge in [0.25, 0.3) is 0 Å². The van der Waals surface area contributed by atoms with E-state index in [4.69, 9.17) is 27.9 Å². The second-order valence-corrected chi connectivity index (χ2v) is 6.84. The Morgan fingerprint density at radius 1 is 1.39 bits per heavy atom. The van der Waals surface area contributed by atoms with E-state index in [9.17, 15) is 9.90 Å². The minimum absolute atomic E-state index is 0.0674. The number of hydrogen-bond donors (Lipinski definition) is 2. The number of ether oxygens (including phenoxy) is 1. The molecule has 1 aliphatic heterocycles. The van der Waals surface area contributed by atoms with Crippen LogP contribution in [0.15, 0.2) is 12.1 Å². The average Bonchev–Trinajstić information content (AvgIpc) is 2.91. The molecule has 0 fully saturated rings. The number of carboxylic acid groups (broad SMARTS) is 1. The van der Waals surface area contributed by atoms with E-state index in [2.05, 4.69) is 11.9 Å². The number of aliphatic carboxylic acids is 1. The maximum absolute atomic E-state index is 11.4. The summed E-state index contributed by atoms with van der Waals surface area (Å²) in [6, 6.07) is 3.53. The van der Waals surface area contributed by atoms with Crippen molar-refractivity contribution in [2.45, 2.75) is 44.6 Å². The smallest absolute Gasteiger partial charge is 0.306 e. The molecule has 1 aromatic carbocycles. The van der Waals surface area contributed by atoms with Crippen LogP contribution in [-0.4, -0.2) is 22.7 Å². The van der Waals surface area contributed by atoms with Crippen LogP contribution in [-0.2, 0) is 21.6 Å². The predicted octanol–water partition coefficient (Wildman–Crippen LogP) is 4.91. The summed E-state index contributed by atoms with van der Waals surface area (Å²) in [5.41, 5.74) is 1.79. The van der Waals surface area contributed by atoms with Crippen LogP contribution in [0.5, 0.6) is 0 Å². The molecular formula is C17H19Cl2NO3. The summed E-state index contributed by atoms with van der Waals surface area (Å²) in [6.45, 7) is 2.57. The molecule has 2 heterocycles. The molecular weight excluding hydrogens is 337 g/mol. The molecule has 0 radical (unpaired) electrons. The van der Waals surface area contributed by atoms with Crippen LogP contribution in [0.1, 0.15) is 43.9 Å². The highest BCUT2D eigenvalue weighted by Crippen LogP contribution is 2.45. The van der Waals surface area contributed by atoms with Crippen LogP contribution in [0, 0.1) is 0 Å². The fourth-order valence-corrected chi connectivity index (χ4v) is 3.96. The topological polar surface area (TPSA) is 62.3 Å². The molecule has 1 aromatic heterocycles. The summed E-state index contributed by atoms with van der Waals surface area (Å²) < 4.78 is 6.02. The van der Waals surface area contributed by atoms with Gasteiger partial charge in [-0.3, -0.25) is 4.79 Å². The highest BCUT2D eigenvalue weighted by atomic mass is 35.5. The third-order valence-electron chi connectivity index (χ3n) is 4.51. The number of nitrogens with one attached hydrogen (secondary N) is 1. The Labute approximate surface area is 144 Å². The molecule has 4 nitrogen and oxygen atoms in total. The van der Waals surface area contributed by atoms with Crippen molar-refractivity contribution in [2.24, 2.45) is 0 Å². The summed E-state index contributed by atoms with van der Waals surface area (Å²) in [4.78, 5) is 14.8. The lowest BCUT2D eigenvalue weighted by Crippen LogP contribution is -2.38. The van der Waals surface area contributed by atoms with Crippen LogP contribution < -0.4 is 0 Å². The minimum Gasteiger partial charge on any atom is -0.481 e. The van der Waals surface area contributed by atoms with Gasteiger partial charge in [-0.2, -0.15) is 0 Å². The molecule has 124 valence electrons. The second-order valence-electron chi connectivity index (χ2n) is 6.02. The SMILES string of the molecule is CCCCC1(CC(=O)O)OCCc2c1[nH]c1c(Cl)ccc(Cl)c21. The van der Waals surface area contributed by atoms with Gasteiger partial charge in [-0.05, 0) is 30.5 Å². The number of benzene rings is 1. The molecule has 2 aromatic rings. The molecule has 23 heavy (non-hydrogen) atoms. The lowest BCUT2D eigenvalue weighted by molar-refractivity contribution is -0.149. The van der Waals surface area contributed by atoms with Crippen LogP contribution in [0.3, 0.4) is 0 Å². The summed E-state index contributed by atoms with van der Waals surface area (Å²) in [5, 5.41) is 11.5. The maximum atomic E-state index is 11.4. The van der Waals surface area contributed by atoms with E-state index in [1.54, 1.807) is 12.1 Å². The van der Waals surface area contributed by atoms with E-state index in [0.717, 1.165) is 35.0 Å². The van der Waals surface area contributed by atoms with Crippen molar-refractivity contribution in [3.8, 4) is 0 Å². The molecule has 6 heteroatoms. The van der Waals surface area contributed by atoms with E-state index in [0.29, 0.717) is 29.5 Å². The predicted molar refractivity (Wildman–Crippen MR) is 91.4 cm³/mol. The number of carboxylic acids is 1. The Balaban J connectivity index is 2.22. The van der Waals surface area contributed by atoms with E-state index >= 15 is 0 Å². The van der Waals surface area contributed by atoms with E-state index in [1.807, 2.05) is 0 Å². The normalized spacial score (nSPS) is 20.7. The summed E-state index contributed by atoms with van der Waals surface area (Å²) in [7, 11) is 0. The van der Waals surface area contributed by atoms with Crippen LogP contribution in [0.25, 0.3) is 10.9 Å². The third-order valence-corrected chi connectivity index (χ3v) is 5.14. The standard InChI is InChI=1S/C17H19Cl2NO3/c1-2-3-7-17(9-13(21)22)16-10(6-8-23-17)14-11(18)4-5-12(19)15(14)20-16/h4-5,20H,2-3,6-9H2,1H3,(H,21,22). The number of aromatic amines is 1. The molecule has 1 atom stereocenters. The quantitative estimate of drug-likeness (QED) is 0.800. The molecule has 3 rings (SSSR count). The van der Waals surface area contributed by atoms with Crippen molar-refractivity contribution < 1.29 is 14.6 Å². The first-order valence-corrected chi connectivity index (χ1v) is 8.59. The molecule has 0 aliphatic carbocycles. The molecule has 0 spiro atoms. The Bertz CT molecular complexity index is 756. The molecule has 0 amide bonds. The second kappa shape index (κ2) is 6.34. The molecule has 0 saturated heterocycles. The number of fused-ring (bicyclic) bond motifs is 3. The Kier molecular flexibility index (Phi) is 4.59. The fourth-order valence-electron chi connectivity index (χ4n) is 3.49. The molecule has 1 unspecified atom stereocenters. The molecule has 2 N–H and O–H groups in total. The first-order valence-electron chi connectivity index (χ1n) is 7.83. The van der Waals surface area contributed by atoms with E-state index in [-0.39, 0.29) is 6.42 Å². The van der Waals surface area contributed by atoms with Crippen LogP contribution in [0.2, 0.25) is 10.0 Å². The van der Waals surface area contributed by atoms with Gasteiger partial charge < -0.3 is 14.8 Å². The Hall–Kier alpha value is -1.23. The van der Waals surface area contributed by atoms with E-state index < -0.39 is 11.6 Å². The number of hydrogen-bond acceptors (Lipinski definition) is 2.